The van der Waals surface area contributed by atoms with E-state index in [9.17, 15) is 9.59 Å². The Labute approximate surface area is 178 Å². The highest BCUT2D eigenvalue weighted by Gasteiger charge is 2.26. The van der Waals surface area contributed by atoms with Gasteiger partial charge >= 0.3 is 0 Å². The fourth-order valence-corrected chi connectivity index (χ4v) is 3.47. The summed E-state index contributed by atoms with van der Waals surface area (Å²) in [6.45, 7) is 10.8. The highest BCUT2D eigenvalue weighted by atomic mass is 16.5. The van der Waals surface area contributed by atoms with E-state index in [1.54, 1.807) is 9.80 Å². The molecule has 0 atom stereocenters. The minimum atomic E-state index is -0.0125. The summed E-state index contributed by atoms with van der Waals surface area (Å²) in [6, 6.07) is 7.30. The lowest BCUT2D eigenvalue weighted by molar-refractivity contribution is -0.131. The SMILES string of the molecule is Cc1noc(C)c1CC(=O)N1CCN(C(=O)c2ccc(OCCC(C)C)cc2)CC1. The second kappa shape index (κ2) is 9.78. The fourth-order valence-electron chi connectivity index (χ4n) is 3.47. The number of hydrogen-bond donors (Lipinski definition) is 0. The van der Waals surface area contributed by atoms with E-state index in [1.165, 1.54) is 0 Å². The zero-order valence-electron chi connectivity index (χ0n) is 18.3. The van der Waals surface area contributed by atoms with Crippen LogP contribution in [-0.2, 0) is 11.2 Å². The molecule has 162 valence electrons. The second-order valence-corrected chi connectivity index (χ2v) is 8.21. The molecular weight excluding hydrogens is 382 g/mol. The molecular formula is C23H31N3O4. The largest absolute Gasteiger partial charge is 0.494 e. The maximum absolute atomic E-state index is 12.8. The van der Waals surface area contributed by atoms with Gasteiger partial charge in [-0.25, -0.2) is 0 Å². The average molecular weight is 414 g/mol. The molecule has 0 aliphatic carbocycles. The lowest BCUT2D eigenvalue weighted by atomic mass is 10.1. The number of rotatable bonds is 7. The van der Waals surface area contributed by atoms with Crippen molar-refractivity contribution >= 4 is 11.8 Å². The highest BCUT2D eigenvalue weighted by Crippen LogP contribution is 2.17. The molecule has 1 aliphatic heterocycles. The van der Waals surface area contributed by atoms with Crippen LogP contribution in [0, 0.1) is 19.8 Å². The van der Waals surface area contributed by atoms with E-state index in [4.69, 9.17) is 9.26 Å². The smallest absolute Gasteiger partial charge is 0.253 e. The van der Waals surface area contributed by atoms with Crippen LogP contribution < -0.4 is 4.74 Å². The molecule has 0 unspecified atom stereocenters. The summed E-state index contributed by atoms with van der Waals surface area (Å²) in [5, 5.41) is 3.91. The number of aromatic nitrogens is 1. The predicted molar refractivity (Wildman–Crippen MR) is 114 cm³/mol. The number of nitrogens with zero attached hydrogens (tertiary/aromatic N) is 3. The Kier molecular flexibility index (Phi) is 7.13. The van der Waals surface area contributed by atoms with Crippen molar-refractivity contribution in [2.24, 2.45) is 5.92 Å². The van der Waals surface area contributed by atoms with Gasteiger partial charge in [0.05, 0.1) is 18.7 Å². The normalized spacial score (nSPS) is 14.3. The van der Waals surface area contributed by atoms with Crippen molar-refractivity contribution < 1.29 is 18.8 Å². The van der Waals surface area contributed by atoms with Crippen LogP contribution >= 0.6 is 0 Å². The number of ether oxygens (including phenoxy) is 1. The minimum Gasteiger partial charge on any atom is -0.494 e. The third kappa shape index (κ3) is 5.40. The molecule has 2 aromatic rings. The first-order valence-electron chi connectivity index (χ1n) is 10.6. The Bertz CT molecular complexity index is 846. The molecule has 1 saturated heterocycles. The maximum atomic E-state index is 12.8. The summed E-state index contributed by atoms with van der Waals surface area (Å²) in [5.74, 6) is 2.09. The fraction of sp³-hybridized carbons (Fsp3) is 0.522. The summed E-state index contributed by atoms with van der Waals surface area (Å²) < 4.78 is 10.9. The Morgan fingerprint density at radius 3 is 2.27 bits per heavy atom. The molecule has 1 aromatic carbocycles. The summed E-state index contributed by atoms with van der Waals surface area (Å²) >= 11 is 0. The van der Waals surface area contributed by atoms with Gasteiger partial charge in [-0.15, -0.1) is 0 Å². The Morgan fingerprint density at radius 1 is 1.07 bits per heavy atom. The van der Waals surface area contributed by atoms with Crippen LogP contribution in [0.3, 0.4) is 0 Å². The van der Waals surface area contributed by atoms with E-state index < -0.39 is 0 Å². The monoisotopic (exact) mass is 413 g/mol. The molecule has 7 heteroatoms. The van der Waals surface area contributed by atoms with E-state index in [0.29, 0.717) is 50.0 Å². The number of piperazine rings is 1. The van der Waals surface area contributed by atoms with Gasteiger partial charge in [-0.2, -0.15) is 0 Å². The van der Waals surface area contributed by atoms with E-state index in [0.717, 1.165) is 23.4 Å². The van der Waals surface area contributed by atoms with E-state index in [2.05, 4.69) is 19.0 Å². The van der Waals surface area contributed by atoms with Gasteiger partial charge in [0.15, 0.2) is 0 Å². The summed E-state index contributed by atoms with van der Waals surface area (Å²) in [6.07, 6.45) is 1.29. The Hall–Kier alpha value is -2.83. The van der Waals surface area contributed by atoms with Crippen molar-refractivity contribution in [3.8, 4) is 5.75 Å². The summed E-state index contributed by atoms with van der Waals surface area (Å²) in [5.41, 5.74) is 2.25. The van der Waals surface area contributed by atoms with Crippen molar-refractivity contribution in [3.63, 3.8) is 0 Å². The topological polar surface area (TPSA) is 75.9 Å². The maximum Gasteiger partial charge on any atom is 0.253 e. The molecule has 0 saturated carbocycles. The third-order valence-electron chi connectivity index (χ3n) is 5.49. The number of hydrogen-bond acceptors (Lipinski definition) is 5. The zero-order valence-corrected chi connectivity index (χ0v) is 18.3. The third-order valence-corrected chi connectivity index (χ3v) is 5.49. The molecule has 7 nitrogen and oxygen atoms in total. The average Bonchev–Trinajstić information content (AvgIpc) is 3.05. The van der Waals surface area contributed by atoms with Crippen molar-refractivity contribution in [3.05, 3.63) is 46.8 Å². The number of amides is 2. The summed E-state index contributed by atoms with van der Waals surface area (Å²) in [4.78, 5) is 29.0. The van der Waals surface area contributed by atoms with Gasteiger partial charge in [-0.3, -0.25) is 9.59 Å². The van der Waals surface area contributed by atoms with E-state index in [-0.39, 0.29) is 18.2 Å². The number of carbonyl (C=O) groups is 2. The van der Waals surface area contributed by atoms with Crippen molar-refractivity contribution in [1.29, 1.82) is 0 Å². The molecule has 1 aromatic heterocycles. The van der Waals surface area contributed by atoms with Crippen LogP contribution in [0.5, 0.6) is 5.75 Å². The van der Waals surface area contributed by atoms with Crippen LogP contribution in [0.2, 0.25) is 0 Å². The predicted octanol–water partition coefficient (Wildman–Crippen LogP) is 3.24. The number of aryl methyl sites for hydroxylation is 2. The lowest BCUT2D eigenvalue weighted by Crippen LogP contribution is -2.51. The van der Waals surface area contributed by atoms with E-state index in [1.807, 2.05) is 38.1 Å². The van der Waals surface area contributed by atoms with Gasteiger partial charge in [-0.1, -0.05) is 19.0 Å². The molecule has 0 spiro atoms. The highest BCUT2D eigenvalue weighted by molar-refractivity contribution is 5.94. The standard InChI is InChI=1S/C23H31N3O4/c1-16(2)9-14-29-20-7-5-19(6-8-20)23(28)26-12-10-25(11-13-26)22(27)15-21-17(3)24-30-18(21)4/h5-8,16H,9-15H2,1-4H3. The van der Waals surface area contributed by atoms with Crippen LogP contribution in [0.4, 0.5) is 0 Å². The molecule has 2 heterocycles. The quantitative estimate of drug-likeness (QED) is 0.697. The van der Waals surface area contributed by atoms with Gasteiger partial charge in [0.2, 0.25) is 5.91 Å². The molecule has 2 amide bonds. The second-order valence-electron chi connectivity index (χ2n) is 8.21. The first kappa shape index (κ1) is 21.9. The molecule has 1 aliphatic rings. The Morgan fingerprint density at radius 2 is 1.70 bits per heavy atom. The van der Waals surface area contributed by atoms with Crippen LogP contribution in [-0.4, -0.2) is 59.6 Å². The van der Waals surface area contributed by atoms with Crippen LogP contribution in [0.1, 0.15) is 47.6 Å². The van der Waals surface area contributed by atoms with Crippen LogP contribution in [0.15, 0.2) is 28.8 Å². The van der Waals surface area contributed by atoms with Gasteiger partial charge < -0.3 is 19.1 Å². The summed E-state index contributed by atoms with van der Waals surface area (Å²) in [7, 11) is 0. The lowest BCUT2D eigenvalue weighted by Gasteiger charge is -2.35. The zero-order chi connectivity index (χ0) is 21.7. The van der Waals surface area contributed by atoms with Gasteiger partial charge in [0.25, 0.3) is 5.91 Å². The molecule has 1 fully saturated rings. The van der Waals surface area contributed by atoms with Gasteiger partial charge in [0.1, 0.15) is 11.5 Å². The molecule has 0 radical (unpaired) electrons. The molecule has 0 bridgehead atoms. The van der Waals surface area contributed by atoms with Gasteiger partial charge in [-0.05, 0) is 50.5 Å². The molecule has 3 rings (SSSR count). The minimum absolute atomic E-state index is 0.0125. The number of benzene rings is 1. The van der Waals surface area contributed by atoms with Crippen molar-refractivity contribution in [1.82, 2.24) is 15.0 Å². The van der Waals surface area contributed by atoms with Crippen molar-refractivity contribution in [2.75, 3.05) is 32.8 Å². The van der Waals surface area contributed by atoms with Crippen LogP contribution in [0.25, 0.3) is 0 Å². The first-order valence-corrected chi connectivity index (χ1v) is 10.6. The van der Waals surface area contributed by atoms with Gasteiger partial charge in [0, 0.05) is 37.3 Å². The molecule has 0 N–H and O–H groups in total. The van der Waals surface area contributed by atoms with E-state index >= 15 is 0 Å². The molecule has 30 heavy (non-hydrogen) atoms. The number of carbonyl (C=O) groups excluding carboxylic acids is 2. The first-order chi connectivity index (χ1) is 14.3. The van der Waals surface area contributed by atoms with Crippen molar-refractivity contribution in [2.45, 2.75) is 40.5 Å². The Balaban J connectivity index is 1.49.